The average molecular weight is 191 g/mol. The van der Waals surface area contributed by atoms with Crippen molar-refractivity contribution >= 4 is 0 Å². The summed E-state index contributed by atoms with van der Waals surface area (Å²) in [4.78, 5) is 0. The van der Waals surface area contributed by atoms with Gasteiger partial charge in [0.1, 0.15) is 0 Å². The first-order valence-electron chi connectivity index (χ1n) is 5.48. The maximum absolute atomic E-state index is 3.85. The molecule has 1 fully saturated rings. The quantitative estimate of drug-likeness (QED) is 0.673. The highest BCUT2D eigenvalue weighted by Gasteiger charge is 2.20. The van der Waals surface area contributed by atoms with Crippen LogP contribution in [0.2, 0.25) is 0 Å². The van der Waals surface area contributed by atoms with Crippen molar-refractivity contribution in [2.24, 2.45) is 5.92 Å². The zero-order chi connectivity index (χ0) is 10.4. The lowest BCUT2D eigenvalue weighted by atomic mass is 9.87. The normalized spacial score (nSPS) is 25.5. The number of allylic oxidation sites excluding steroid dienone is 3. The first-order chi connectivity index (χ1) is 6.79. The van der Waals surface area contributed by atoms with E-state index in [9.17, 15) is 0 Å². The summed E-state index contributed by atoms with van der Waals surface area (Å²) in [5.74, 6) is 0.547. The van der Waals surface area contributed by atoms with E-state index >= 15 is 0 Å². The van der Waals surface area contributed by atoms with Crippen LogP contribution in [-0.4, -0.2) is 12.6 Å². The Balaban J connectivity index is 2.60. The average Bonchev–Trinajstić information content (AvgIpc) is 2.26. The van der Waals surface area contributed by atoms with E-state index in [1.54, 1.807) is 0 Å². The lowest BCUT2D eigenvalue weighted by Gasteiger charge is -2.29. The number of hydrogen-bond donors (Lipinski definition) is 1. The molecule has 0 aromatic carbocycles. The van der Waals surface area contributed by atoms with E-state index in [0.29, 0.717) is 12.0 Å². The van der Waals surface area contributed by atoms with E-state index in [4.69, 9.17) is 0 Å². The van der Waals surface area contributed by atoms with Crippen molar-refractivity contribution in [3.63, 3.8) is 0 Å². The van der Waals surface area contributed by atoms with Crippen molar-refractivity contribution in [2.75, 3.05) is 6.54 Å². The second-order valence-electron chi connectivity index (χ2n) is 3.95. The van der Waals surface area contributed by atoms with Crippen LogP contribution in [0.1, 0.15) is 26.2 Å². The lowest BCUT2D eigenvalue weighted by molar-refractivity contribution is 0.340. The molecule has 1 aliphatic rings. The van der Waals surface area contributed by atoms with Crippen molar-refractivity contribution in [2.45, 2.75) is 32.2 Å². The largest absolute Gasteiger partial charge is 0.313 e. The molecule has 1 aliphatic heterocycles. The number of piperidine rings is 1. The topological polar surface area (TPSA) is 12.0 Å². The summed E-state index contributed by atoms with van der Waals surface area (Å²) in [7, 11) is 0. The van der Waals surface area contributed by atoms with Crippen LogP contribution in [-0.2, 0) is 0 Å². The van der Waals surface area contributed by atoms with Gasteiger partial charge in [-0.1, -0.05) is 44.7 Å². The molecule has 1 heterocycles. The predicted molar refractivity (Wildman–Crippen MR) is 63.3 cm³/mol. The Morgan fingerprint density at radius 3 is 2.71 bits per heavy atom. The maximum atomic E-state index is 3.85. The van der Waals surface area contributed by atoms with E-state index in [1.165, 1.54) is 24.8 Å². The van der Waals surface area contributed by atoms with Crippen LogP contribution in [0.15, 0.2) is 37.0 Å². The van der Waals surface area contributed by atoms with Gasteiger partial charge in [-0.05, 0) is 30.9 Å². The van der Waals surface area contributed by atoms with Gasteiger partial charge in [0.15, 0.2) is 0 Å². The highest BCUT2D eigenvalue weighted by Crippen LogP contribution is 2.22. The van der Waals surface area contributed by atoms with Gasteiger partial charge in [0.25, 0.3) is 0 Å². The first-order valence-corrected chi connectivity index (χ1v) is 5.48. The molecule has 1 nitrogen and oxygen atoms in total. The van der Waals surface area contributed by atoms with Gasteiger partial charge in [-0.2, -0.15) is 0 Å². The fraction of sp³-hybridized carbons (Fsp3) is 0.538. The minimum Gasteiger partial charge on any atom is -0.313 e. The Morgan fingerprint density at radius 2 is 2.21 bits per heavy atom. The van der Waals surface area contributed by atoms with Gasteiger partial charge in [-0.3, -0.25) is 0 Å². The van der Waals surface area contributed by atoms with Gasteiger partial charge in [0, 0.05) is 6.04 Å². The summed E-state index contributed by atoms with van der Waals surface area (Å²) in [6.45, 7) is 11.0. The van der Waals surface area contributed by atoms with Crippen molar-refractivity contribution in [1.82, 2.24) is 5.32 Å². The highest BCUT2D eigenvalue weighted by atomic mass is 14.9. The molecule has 0 bridgehead atoms. The Bertz CT molecular complexity index is 221. The maximum Gasteiger partial charge on any atom is 0.0133 e. The molecular weight excluding hydrogens is 170 g/mol. The van der Waals surface area contributed by atoms with Gasteiger partial charge in [0.2, 0.25) is 0 Å². The molecule has 0 aliphatic carbocycles. The zero-order valence-electron chi connectivity index (χ0n) is 9.13. The zero-order valence-corrected chi connectivity index (χ0v) is 9.13. The molecule has 1 saturated heterocycles. The third-order valence-corrected chi connectivity index (χ3v) is 3.02. The summed E-state index contributed by atoms with van der Waals surface area (Å²) >= 11 is 0. The van der Waals surface area contributed by atoms with E-state index in [1.807, 2.05) is 12.2 Å². The molecule has 2 unspecified atom stereocenters. The lowest BCUT2D eigenvalue weighted by Crippen LogP contribution is -2.39. The second-order valence-corrected chi connectivity index (χ2v) is 3.95. The molecule has 0 spiro atoms. The summed E-state index contributed by atoms with van der Waals surface area (Å²) in [6.07, 6.45) is 9.80. The molecule has 2 atom stereocenters. The van der Waals surface area contributed by atoms with Gasteiger partial charge in [-0.15, -0.1) is 0 Å². The molecule has 0 radical (unpaired) electrons. The summed E-state index contributed by atoms with van der Waals surface area (Å²) in [5, 5.41) is 3.57. The molecule has 78 valence electrons. The van der Waals surface area contributed by atoms with Crippen molar-refractivity contribution in [1.29, 1.82) is 0 Å². The Kier molecular flexibility index (Phi) is 4.68. The molecular formula is C13H21N. The van der Waals surface area contributed by atoms with Crippen molar-refractivity contribution in [3.05, 3.63) is 37.0 Å². The van der Waals surface area contributed by atoms with Crippen LogP contribution in [0, 0.1) is 5.92 Å². The van der Waals surface area contributed by atoms with Crippen molar-refractivity contribution in [3.8, 4) is 0 Å². The van der Waals surface area contributed by atoms with E-state index in [2.05, 4.69) is 31.5 Å². The first kappa shape index (κ1) is 11.3. The van der Waals surface area contributed by atoms with Crippen LogP contribution >= 0.6 is 0 Å². The van der Waals surface area contributed by atoms with Gasteiger partial charge in [-0.25, -0.2) is 0 Å². The molecule has 0 aromatic rings. The third-order valence-electron chi connectivity index (χ3n) is 3.02. The summed E-state index contributed by atoms with van der Waals surface area (Å²) < 4.78 is 0. The standard InChI is InChI=1S/C13H21N/c1-4-8-12(5-2)11(3)13-9-6-7-10-14-13/h4-5,8,11,13-14H,1-2,6-7,9-10H2,3H3/b12-8+. The third kappa shape index (κ3) is 2.85. The SMILES string of the molecule is C=C/C=C(\C=C)C(C)C1CCCCN1. The van der Waals surface area contributed by atoms with E-state index in [0.717, 1.165) is 6.54 Å². The smallest absolute Gasteiger partial charge is 0.0133 e. The minimum absolute atomic E-state index is 0.547. The molecule has 0 aromatic heterocycles. The molecule has 1 rings (SSSR count). The molecule has 0 saturated carbocycles. The number of nitrogens with one attached hydrogen (secondary N) is 1. The highest BCUT2D eigenvalue weighted by molar-refractivity contribution is 5.24. The Morgan fingerprint density at radius 1 is 1.43 bits per heavy atom. The fourth-order valence-electron chi connectivity index (χ4n) is 2.08. The number of hydrogen-bond acceptors (Lipinski definition) is 1. The Hall–Kier alpha value is -0.820. The van der Waals surface area contributed by atoms with Crippen LogP contribution in [0.4, 0.5) is 0 Å². The predicted octanol–water partition coefficient (Wildman–Crippen LogP) is 3.06. The number of rotatable bonds is 4. The Labute approximate surface area is 87.6 Å². The van der Waals surface area contributed by atoms with Gasteiger partial charge < -0.3 is 5.32 Å². The second kappa shape index (κ2) is 5.82. The van der Waals surface area contributed by atoms with E-state index in [-0.39, 0.29) is 0 Å². The molecule has 0 amide bonds. The van der Waals surface area contributed by atoms with Crippen LogP contribution in [0.5, 0.6) is 0 Å². The van der Waals surface area contributed by atoms with Crippen LogP contribution in [0.3, 0.4) is 0 Å². The summed E-state index contributed by atoms with van der Waals surface area (Å²) in [5.41, 5.74) is 1.29. The summed E-state index contributed by atoms with van der Waals surface area (Å²) in [6, 6.07) is 0.618. The van der Waals surface area contributed by atoms with Crippen LogP contribution in [0.25, 0.3) is 0 Å². The van der Waals surface area contributed by atoms with Crippen LogP contribution < -0.4 is 5.32 Å². The monoisotopic (exact) mass is 191 g/mol. The molecule has 14 heavy (non-hydrogen) atoms. The van der Waals surface area contributed by atoms with E-state index < -0.39 is 0 Å². The minimum atomic E-state index is 0.547. The molecule has 1 N–H and O–H groups in total. The fourth-order valence-corrected chi connectivity index (χ4v) is 2.08. The van der Waals surface area contributed by atoms with Crippen molar-refractivity contribution < 1.29 is 0 Å². The van der Waals surface area contributed by atoms with Gasteiger partial charge in [0.05, 0.1) is 0 Å². The molecule has 1 heteroatoms. The van der Waals surface area contributed by atoms with Gasteiger partial charge >= 0.3 is 0 Å².